The van der Waals surface area contributed by atoms with E-state index in [1.807, 2.05) is 0 Å². The van der Waals surface area contributed by atoms with Crippen LogP contribution in [0.25, 0.3) is 11.0 Å². The minimum absolute atomic E-state index is 0.230. The van der Waals surface area contributed by atoms with E-state index in [1.165, 1.54) is 30.3 Å². The van der Waals surface area contributed by atoms with Crippen LogP contribution in [0.1, 0.15) is 11.1 Å². The Hall–Kier alpha value is -3.15. The molecule has 1 heterocycles. The van der Waals surface area contributed by atoms with E-state index in [0.717, 1.165) is 10.9 Å². The summed E-state index contributed by atoms with van der Waals surface area (Å²) in [7, 11) is 0. The average Bonchev–Trinajstić information content (AvgIpc) is 2.56. The van der Waals surface area contributed by atoms with Crippen molar-refractivity contribution in [2.24, 2.45) is 0 Å². The van der Waals surface area contributed by atoms with Crippen LogP contribution >= 0.6 is 0 Å². The summed E-state index contributed by atoms with van der Waals surface area (Å²) in [4.78, 5) is 23.5. The third-order valence-corrected chi connectivity index (χ3v) is 3.69. The normalized spacial score (nSPS) is 10.7. The van der Waals surface area contributed by atoms with Crippen LogP contribution in [0.15, 0.2) is 51.7 Å². The second-order valence-electron chi connectivity index (χ2n) is 5.53. The third-order valence-electron chi connectivity index (χ3n) is 3.69. The van der Waals surface area contributed by atoms with E-state index in [-0.39, 0.29) is 18.1 Å². The first-order valence-electron chi connectivity index (χ1n) is 7.57. The van der Waals surface area contributed by atoms with Gasteiger partial charge in [0.25, 0.3) is 0 Å². The molecule has 0 atom stereocenters. The van der Waals surface area contributed by atoms with Gasteiger partial charge in [-0.05, 0) is 43.7 Å². The number of carbonyl (C=O) groups excluding carboxylic acids is 1. The Balaban J connectivity index is 1.77. The fraction of sp³-hybridized carbons (Fsp3) is 0.158. The van der Waals surface area contributed by atoms with Gasteiger partial charge in [0, 0.05) is 23.1 Å². The number of benzene rings is 2. The van der Waals surface area contributed by atoms with E-state index in [1.54, 1.807) is 26.0 Å². The number of aryl methyl sites for hydroxylation is 2. The molecule has 5 nitrogen and oxygen atoms in total. The molecule has 128 valence electrons. The van der Waals surface area contributed by atoms with Crippen LogP contribution in [0.2, 0.25) is 0 Å². The average molecular weight is 342 g/mol. The lowest BCUT2D eigenvalue weighted by Crippen LogP contribution is -2.18. The van der Waals surface area contributed by atoms with Crippen molar-refractivity contribution in [2.45, 2.75) is 13.8 Å². The molecule has 0 fully saturated rings. The number of esters is 1. The molecule has 0 aliphatic heterocycles. The van der Waals surface area contributed by atoms with Crippen LogP contribution in [0, 0.1) is 19.7 Å². The Bertz CT molecular complexity index is 1010. The van der Waals surface area contributed by atoms with E-state index in [2.05, 4.69) is 0 Å². The molecule has 0 aliphatic rings. The zero-order valence-electron chi connectivity index (χ0n) is 13.7. The third kappa shape index (κ3) is 3.68. The topological polar surface area (TPSA) is 65.7 Å². The Kier molecular flexibility index (Phi) is 4.52. The first-order valence-corrected chi connectivity index (χ1v) is 7.57. The van der Waals surface area contributed by atoms with Crippen molar-refractivity contribution in [2.75, 3.05) is 6.61 Å². The van der Waals surface area contributed by atoms with Gasteiger partial charge >= 0.3 is 11.6 Å². The van der Waals surface area contributed by atoms with Gasteiger partial charge in [0.05, 0.1) is 0 Å². The van der Waals surface area contributed by atoms with Crippen LogP contribution in [0.5, 0.6) is 11.5 Å². The molecule has 0 unspecified atom stereocenters. The predicted molar refractivity (Wildman–Crippen MR) is 89.5 cm³/mol. The molecular weight excluding hydrogens is 327 g/mol. The Labute approximate surface area is 142 Å². The smallest absolute Gasteiger partial charge is 0.349 e. The summed E-state index contributed by atoms with van der Waals surface area (Å²) < 4.78 is 28.8. The van der Waals surface area contributed by atoms with E-state index >= 15 is 0 Å². The molecule has 0 amide bonds. The first kappa shape index (κ1) is 16.7. The summed E-state index contributed by atoms with van der Waals surface area (Å²) in [6.07, 6.45) is 0. The number of hydrogen-bond acceptors (Lipinski definition) is 5. The highest BCUT2D eigenvalue weighted by molar-refractivity contribution is 5.86. The molecule has 0 radical (unpaired) electrons. The lowest BCUT2D eigenvalue weighted by Gasteiger charge is -2.10. The fourth-order valence-electron chi connectivity index (χ4n) is 2.46. The molecule has 2 aromatic carbocycles. The van der Waals surface area contributed by atoms with Gasteiger partial charge in [-0.1, -0.05) is 6.07 Å². The van der Waals surface area contributed by atoms with Crippen LogP contribution in [0.3, 0.4) is 0 Å². The van der Waals surface area contributed by atoms with Gasteiger partial charge in [-0.25, -0.2) is 14.0 Å². The van der Waals surface area contributed by atoms with Crippen LogP contribution in [-0.2, 0) is 4.79 Å². The summed E-state index contributed by atoms with van der Waals surface area (Å²) in [6.45, 7) is 3.12. The second-order valence-corrected chi connectivity index (χ2v) is 5.53. The molecule has 0 spiro atoms. The van der Waals surface area contributed by atoms with Crippen molar-refractivity contribution < 1.29 is 23.1 Å². The maximum atomic E-state index is 13.1. The lowest BCUT2D eigenvalue weighted by atomic mass is 10.1. The van der Waals surface area contributed by atoms with Gasteiger partial charge in [-0.3, -0.25) is 0 Å². The molecule has 6 heteroatoms. The van der Waals surface area contributed by atoms with Gasteiger partial charge in [-0.15, -0.1) is 0 Å². The van der Waals surface area contributed by atoms with Gasteiger partial charge in [0.1, 0.15) is 22.9 Å². The summed E-state index contributed by atoms with van der Waals surface area (Å²) in [5.74, 6) is -0.605. The van der Waals surface area contributed by atoms with Crippen molar-refractivity contribution in [3.63, 3.8) is 0 Å². The number of fused-ring (bicyclic) bond motifs is 1. The van der Waals surface area contributed by atoms with Crippen molar-refractivity contribution in [3.8, 4) is 11.5 Å². The monoisotopic (exact) mass is 342 g/mol. The van der Waals surface area contributed by atoms with Crippen molar-refractivity contribution in [1.29, 1.82) is 0 Å². The molecule has 0 saturated carbocycles. The first-order chi connectivity index (χ1) is 11.9. The van der Waals surface area contributed by atoms with Gasteiger partial charge in [0.2, 0.25) is 0 Å². The quantitative estimate of drug-likeness (QED) is 0.412. The molecule has 3 rings (SSSR count). The predicted octanol–water partition coefficient (Wildman–Crippen LogP) is 3.53. The molecule has 0 aliphatic carbocycles. The Morgan fingerprint density at radius 2 is 1.96 bits per heavy atom. The standard InChI is InChI=1S/C19H15FO5/c1-11-8-17(21)25-19-12(2)16(7-6-15(11)19)24-18(22)10-23-14-5-3-4-13(20)9-14/h3-9H,10H2,1-2H3. The van der Waals surface area contributed by atoms with Crippen molar-refractivity contribution in [1.82, 2.24) is 0 Å². The highest BCUT2D eigenvalue weighted by Gasteiger charge is 2.13. The largest absolute Gasteiger partial charge is 0.482 e. The summed E-state index contributed by atoms with van der Waals surface area (Å²) in [5, 5.41) is 0.771. The molecular formula is C19H15FO5. The lowest BCUT2D eigenvalue weighted by molar-refractivity contribution is -0.136. The molecule has 0 bridgehead atoms. The van der Waals surface area contributed by atoms with Gasteiger partial charge in [-0.2, -0.15) is 0 Å². The van der Waals surface area contributed by atoms with E-state index in [0.29, 0.717) is 11.1 Å². The van der Waals surface area contributed by atoms with E-state index in [9.17, 15) is 14.0 Å². The number of hydrogen-bond donors (Lipinski definition) is 0. The van der Waals surface area contributed by atoms with E-state index in [4.69, 9.17) is 13.9 Å². The molecule has 3 aromatic rings. The molecule has 0 saturated heterocycles. The number of carbonyl (C=O) groups is 1. The molecule has 25 heavy (non-hydrogen) atoms. The zero-order chi connectivity index (χ0) is 18.0. The number of halogens is 1. The van der Waals surface area contributed by atoms with Gasteiger partial charge in [0.15, 0.2) is 6.61 Å². The maximum absolute atomic E-state index is 13.1. The molecule has 1 aromatic heterocycles. The number of rotatable bonds is 4. The minimum atomic E-state index is -0.651. The fourth-order valence-corrected chi connectivity index (χ4v) is 2.46. The summed E-state index contributed by atoms with van der Waals surface area (Å²) >= 11 is 0. The Morgan fingerprint density at radius 1 is 1.16 bits per heavy atom. The zero-order valence-corrected chi connectivity index (χ0v) is 13.7. The Morgan fingerprint density at radius 3 is 2.72 bits per heavy atom. The molecule has 0 N–H and O–H groups in total. The second kappa shape index (κ2) is 6.76. The van der Waals surface area contributed by atoms with Gasteiger partial charge < -0.3 is 13.9 Å². The van der Waals surface area contributed by atoms with Crippen LogP contribution in [-0.4, -0.2) is 12.6 Å². The maximum Gasteiger partial charge on any atom is 0.349 e. The van der Waals surface area contributed by atoms with Crippen molar-refractivity contribution in [3.05, 3.63) is 69.8 Å². The van der Waals surface area contributed by atoms with Crippen LogP contribution in [0.4, 0.5) is 4.39 Å². The number of ether oxygens (including phenoxy) is 2. The summed E-state index contributed by atoms with van der Waals surface area (Å²) in [5.41, 5.74) is 1.23. The highest BCUT2D eigenvalue weighted by Crippen LogP contribution is 2.28. The minimum Gasteiger partial charge on any atom is -0.482 e. The van der Waals surface area contributed by atoms with Crippen molar-refractivity contribution >= 4 is 16.9 Å². The summed E-state index contributed by atoms with van der Waals surface area (Å²) in [6, 6.07) is 10.2. The highest BCUT2D eigenvalue weighted by atomic mass is 19.1. The van der Waals surface area contributed by atoms with E-state index < -0.39 is 17.4 Å². The van der Waals surface area contributed by atoms with Crippen LogP contribution < -0.4 is 15.1 Å². The SMILES string of the molecule is Cc1cc(=O)oc2c(C)c(OC(=O)COc3cccc(F)c3)ccc12.